The van der Waals surface area contributed by atoms with Gasteiger partial charge in [0.25, 0.3) is 0 Å². The molecule has 1 atom stereocenters. The van der Waals surface area contributed by atoms with Crippen molar-refractivity contribution in [2.24, 2.45) is 0 Å². The Kier molecular flexibility index (Phi) is 4.60. The topological polar surface area (TPSA) is 24.9 Å². The Bertz CT molecular complexity index is 441. The summed E-state index contributed by atoms with van der Waals surface area (Å²) in [6, 6.07) is 10.7. The highest BCUT2D eigenvalue weighted by Crippen LogP contribution is 2.23. The summed E-state index contributed by atoms with van der Waals surface area (Å²) in [5, 5.41) is 0. The molecule has 0 saturated carbocycles. The summed E-state index contributed by atoms with van der Waals surface area (Å²) in [5.74, 6) is -0.403. The molecule has 21 heavy (non-hydrogen) atoms. The van der Waals surface area contributed by atoms with Crippen LogP contribution in [0.2, 0.25) is 0 Å². The summed E-state index contributed by atoms with van der Waals surface area (Å²) in [6.45, 7) is 11.2. The van der Waals surface area contributed by atoms with E-state index in [0.717, 1.165) is 45.9 Å². The molecule has 2 aliphatic rings. The van der Waals surface area contributed by atoms with Crippen LogP contribution in [0.1, 0.15) is 19.4 Å². The molecular weight excluding hydrogens is 264 g/mol. The maximum atomic E-state index is 5.90. The van der Waals surface area contributed by atoms with Gasteiger partial charge in [-0.3, -0.25) is 9.80 Å². The van der Waals surface area contributed by atoms with Crippen LogP contribution < -0.4 is 0 Å². The maximum absolute atomic E-state index is 5.90. The highest BCUT2D eigenvalue weighted by Gasteiger charge is 2.34. The quantitative estimate of drug-likeness (QED) is 0.846. The minimum atomic E-state index is -0.403. The lowest BCUT2D eigenvalue weighted by Crippen LogP contribution is -2.48. The molecule has 0 N–H and O–H groups in total. The molecule has 0 bridgehead atoms. The van der Waals surface area contributed by atoms with E-state index in [0.29, 0.717) is 0 Å². The van der Waals surface area contributed by atoms with Gasteiger partial charge in [-0.1, -0.05) is 30.3 Å². The zero-order valence-corrected chi connectivity index (χ0v) is 13.1. The van der Waals surface area contributed by atoms with Crippen LogP contribution in [-0.4, -0.2) is 61.0 Å². The van der Waals surface area contributed by atoms with Gasteiger partial charge >= 0.3 is 0 Å². The summed E-state index contributed by atoms with van der Waals surface area (Å²) in [4.78, 5) is 5.03. The lowest BCUT2D eigenvalue weighted by molar-refractivity contribution is -0.140. The standard InChI is InChI=1S/C17H26N2O2/c1-17(2)20-14-16(21-17)13-19-10-8-18(9-11-19)12-15-6-4-3-5-7-15/h3-7,16H,8-14H2,1-2H3. The molecule has 0 amide bonds. The first-order valence-electron chi connectivity index (χ1n) is 7.91. The second-order valence-electron chi connectivity index (χ2n) is 6.51. The van der Waals surface area contributed by atoms with Crippen molar-refractivity contribution in [3.8, 4) is 0 Å². The molecule has 2 fully saturated rings. The number of ether oxygens (including phenoxy) is 2. The molecule has 0 aliphatic carbocycles. The van der Waals surface area contributed by atoms with Gasteiger partial charge in [-0.25, -0.2) is 0 Å². The van der Waals surface area contributed by atoms with Crippen molar-refractivity contribution in [3.05, 3.63) is 35.9 Å². The van der Waals surface area contributed by atoms with E-state index in [1.807, 2.05) is 13.8 Å². The van der Waals surface area contributed by atoms with Gasteiger partial charge in [0.1, 0.15) is 0 Å². The highest BCUT2D eigenvalue weighted by atomic mass is 16.7. The van der Waals surface area contributed by atoms with Gasteiger partial charge < -0.3 is 9.47 Å². The fraction of sp³-hybridized carbons (Fsp3) is 0.647. The Morgan fingerprint density at radius 1 is 1.05 bits per heavy atom. The second-order valence-corrected chi connectivity index (χ2v) is 6.51. The summed E-state index contributed by atoms with van der Waals surface area (Å²) < 4.78 is 11.5. The number of hydrogen-bond donors (Lipinski definition) is 0. The predicted molar refractivity (Wildman–Crippen MR) is 83.1 cm³/mol. The lowest BCUT2D eigenvalue weighted by Gasteiger charge is -2.35. The van der Waals surface area contributed by atoms with Crippen LogP contribution in [0.15, 0.2) is 30.3 Å². The van der Waals surface area contributed by atoms with Crippen molar-refractivity contribution < 1.29 is 9.47 Å². The van der Waals surface area contributed by atoms with Gasteiger partial charge in [0.05, 0.1) is 12.7 Å². The first-order valence-corrected chi connectivity index (χ1v) is 7.91. The SMILES string of the molecule is CC1(C)OCC(CN2CCN(Cc3ccccc3)CC2)O1. The van der Waals surface area contributed by atoms with Crippen LogP contribution in [-0.2, 0) is 16.0 Å². The normalized spacial score (nSPS) is 27.0. The van der Waals surface area contributed by atoms with Crippen LogP contribution in [0.3, 0.4) is 0 Å². The van der Waals surface area contributed by atoms with Gasteiger partial charge in [0.2, 0.25) is 0 Å². The molecule has 2 heterocycles. The predicted octanol–water partition coefficient (Wildman–Crippen LogP) is 1.96. The van der Waals surface area contributed by atoms with Gasteiger partial charge in [-0.05, 0) is 19.4 Å². The maximum Gasteiger partial charge on any atom is 0.163 e. The molecular formula is C17H26N2O2. The number of benzene rings is 1. The van der Waals surface area contributed by atoms with Gasteiger partial charge in [-0.15, -0.1) is 0 Å². The van der Waals surface area contributed by atoms with Crippen molar-refractivity contribution in [2.45, 2.75) is 32.3 Å². The van der Waals surface area contributed by atoms with Crippen molar-refractivity contribution in [1.82, 2.24) is 9.80 Å². The molecule has 1 unspecified atom stereocenters. The van der Waals surface area contributed by atoms with E-state index in [4.69, 9.17) is 9.47 Å². The average molecular weight is 290 g/mol. The Hall–Kier alpha value is -0.940. The minimum absolute atomic E-state index is 0.223. The second kappa shape index (κ2) is 6.44. The van der Waals surface area contributed by atoms with Gasteiger partial charge in [-0.2, -0.15) is 0 Å². The van der Waals surface area contributed by atoms with E-state index >= 15 is 0 Å². The van der Waals surface area contributed by atoms with Crippen LogP contribution in [0.4, 0.5) is 0 Å². The smallest absolute Gasteiger partial charge is 0.163 e. The molecule has 0 spiro atoms. The lowest BCUT2D eigenvalue weighted by atomic mass is 10.2. The van der Waals surface area contributed by atoms with E-state index in [9.17, 15) is 0 Å². The molecule has 3 rings (SSSR count). The van der Waals surface area contributed by atoms with Crippen molar-refractivity contribution in [1.29, 1.82) is 0 Å². The van der Waals surface area contributed by atoms with E-state index in [2.05, 4.69) is 40.1 Å². The number of rotatable bonds is 4. The molecule has 0 radical (unpaired) electrons. The summed E-state index contributed by atoms with van der Waals surface area (Å²) in [6.07, 6.45) is 0.223. The van der Waals surface area contributed by atoms with Crippen molar-refractivity contribution >= 4 is 0 Å². The van der Waals surface area contributed by atoms with Crippen LogP contribution in [0, 0.1) is 0 Å². The van der Waals surface area contributed by atoms with E-state index in [-0.39, 0.29) is 6.10 Å². The third-order valence-electron chi connectivity index (χ3n) is 4.24. The summed E-state index contributed by atoms with van der Waals surface area (Å²) in [5.41, 5.74) is 1.40. The largest absolute Gasteiger partial charge is 0.348 e. The molecule has 2 saturated heterocycles. The fourth-order valence-electron chi connectivity index (χ4n) is 3.11. The molecule has 1 aromatic carbocycles. The zero-order valence-electron chi connectivity index (χ0n) is 13.1. The van der Waals surface area contributed by atoms with E-state index < -0.39 is 5.79 Å². The van der Waals surface area contributed by atoms with E-state index in [1.54, 1.807) is 0 Å². The minimum Gasteiger partial charge on any atom is -0.348 e. The molecule has 4 nitrogen and oxygen atoms in total. The number of nitrogens with zero attached hydrogens (tertiary/aromatic N) is 2. The molecule has 4 heteroatoms. The van der Waals surface area contributed by atoms with Crippen LogP contribution >= 0.6 is 0 Å². The number of piperazine rings is 1. The zero-order chi connectivity index (χ0) is 14.7. The summed E-state index contributed by atoms with van der Waals surface area (Å²) >= 11 is 0. The van der Waals surface area contributed by atoms with Gasteiger partial charge in [0, 0.05) is 39.3 Å². The average Bonchev–Trinajstić information content (AvgIpc) is 2.81. The molecule has 0 aromatic heterocycles. The first kappa shape index (κ1) is 15.0. The molecule has 1 aromatic rings. The van der Waals surface area contributed by atoms with E-state index in [1.165, 1.54) is 5.56 Å². The summed E-state index contributed by atoms with van der Waals surface area (Å²) in [7, 11) is 0. The Morgan fingerprint density at radius 3 is 2.33 bits per heavy atom. The van der Waals surface area contributed by atoms with Crippen LogP contribution in [0.5, 0.6) is 0 Å². The van der Waals surface area contributed by atoms with Crippen molar-refractivity contribution in [3.63, 3.8) is 0 Å². The highest BCUT2D eigenvalue weighted by molar-refractivity contribution is 5.14. The Labute approximate surface area is 127 Å². The third-order valence-corrected chi connectivity index (χ3v) is 4.24. The molecule has 116 valence electrons. The van der Waals surface area contributed by atoms with Crippen LogP contribution in [0.25, 0.3) is 0 Å². The van der Waals surface area contributed by atoms with Gasteiger partial charge in [0.15, 0.2) is 5.79 Å². The Balaban J connectivity index is 1.41. The fourth-order valence-corrected chi connectivity index (χ4v) is 3.11. The number of hydrogen-bond acceptors (Lipinski definition) is 4. The van der Waals surface area contributed by atoms with Crippen molar-refractivity contribution in [2.75, 3.05) is 39.3 Å². The Morgan fingerprint density at radius 2 is 1.71 bits per heavy atom. The third kappa shape index (κ3) is 4.27. The first-order chi connectivity index (χ1) is 10.1. The molecule has 2 aliphatic heterocycles. The monoisotopic (exact) mass is 290 g/mol.